The standard InChI is InChI=1S/C12H20N4/c1-11(9-16-6-2-3-7-16)14-8-12-4-5-13-10-15-12/h4-5,10-11,14H,2-3,6-9H2,1H3. The van der Waals surface area contributed by atoms with Gasteiger partial charge in [0.25, 0.3) is 0 Å². The number of nitrogens with one attached hydrogen (secondary N) is 1. The van der Waals surface area contributed by atoms with Crippen molar-refractivity contribution in [3.05, 3.63) is 24.3 Å². The van der Waals surface area contributed by atoms with Gasteiger partial charge in [-0.15, -0.1) is 0 Å². The highest BCUT2D eigenvalue weighted by Gasteiger charge is 2.13. The van der Waals surface area contributed by atoms with Gasteiger partial charge in [0, 0.05) is 25.3 Å². The molecule has 1 N–H and O–H groups in total. The molecule has 1 saturated heterocycles. The number of nitrogens with zero attached hydrogens (tertiary/aromatic N) is 3. The number of aromatic nitrogens is 2. The Morgan fingerprint density at radius 2 is 2.25 bits per heavy atom. The van der Waals surface area contributed by atoms with Crippen LogP contribution in [0.5, 0.6) is 0 Å². The third kappa shape index (κ3) is 3.54. The van der Waals surface area contributed by atoms with Gasteiger partial charge in [0.05, 0.1) is 5.69 Å². The summed E-state index contributed by atoms with van der Waals surface area (Å²) >= 11 is 0. The Bertz CT molecular complexity index is 295. The average molecular weight is 220 g/mol. The summed E-state index contributed by atoms with van der Waals surface area (Å²) in [6.07, 6.45) is 6.11. The van der Waals surface area contributed by atoms with E-state index in [0.29, 0.717) is 6.04 Å². The van der Waals surface area contributed by atoms with Gasteiger partial charge in [-0.05, 0) is 38.9 Å². The van der Waals surface area contributed by atoms with Crippen LogP contribution in [0.15, 0.2) is 18.6 Å². The third-order valence-corrected chi connectivity index (χ3v) is 3.01. The van der Waals surface area contributed by atoms with Gasteiger partial charge in [-0.2, -0.15) is 0 Å². The smallest absolute Gasteiger partial charge is 0.115 e. The molecule has 0 aliphatic carbocycles. The molecule has 1 aliphatic heterocycles. The highest BCUT2D eigenvalue weighted by atomic mass is 15.2. The zero-order valence-corrected chi connectivity index (χ0v) is 9.89. The van der Waals surface area contributed by atoms with Gasteiger partial charge in [-0.25, -0.2) is 9.97 Å². The van der Waals surface area contributed by atoms with Crippen LogP contribution < -0.4 is 5.32 Å². The number of hydrogen-bond acceptors (Lipinski definition) is 4. The monoisotopic (exact) mass is 220 g/mol. The molecule has 1 aliphatic rings. The maximum atomic E-state index is 4.20. The Morgan fingerprint density at radius 3 is 2.94 bits per heavy atom. The molecule has 0 amide bonds. The SMILES string of the molecule is CC(CN1CCCC1)NCc1ccncn1. The van der Waals surface area contributed by atoms with Gasteiger partial charge >= 0.3 is 0 Å². The molecule has 1 aromatic heterocycles. The molecule has 0 bridgehead atoms. The van der Waals surface area contributed by atoms with Crippen LogP contribution in [0.3, 0.4) is 0 Å². The molecule has 0 aromatic carbocycles. The lowest BCUT2D eigenvalue weighted by Crippen LogP contribution is -2.37. The van der Waals surface area contributed by atoms with Crippen LogP contribution in [0, 0.1) is 0 Å². The predicted octanol–water partition coefficient (Wildman–Crippen LogP) is 1.05. The van der Waals surface area contributed by atoms with E-state index in [0.717, 1.165) is 18.8 Å². The van der Waals surface area contributed by atoms with Gasteiger partial charge in [-0.1, -0.05) is 0 Å². The maximum absolute atomic E-state index is 4.20. The molecule has 4 heteroatoms. The lowest BCUT2D eigenvalue weighted by atomic mass is 10.3. The topological polar surface area (TPSA) is 41.0 Å². The largest absolute Gasteiger partial charge is 0.307 e. The lowest BCUT2D eigenvalue weighted by Gasteiger charge is -2.21. The molecule has 88 valence electrons. The summed E-state index contributed by atoms with van der Waals surface area (Å²) in [4.78, 5) is 10.6. The zero-order chi connectivity index (χ0) is 11.2. The normalized spacial score (nSPS) is 18.8. The minimum Gasteiger partial charge on any atom is -0.307 e. The van der Waals surface area contributed by atoms with Crippen LogP contribution in [0.25, 0.3) is 0 Å². The fourth-order valence-electron chi connectivity index (χ4n) is 2.12. The average Bonchev–Trinajstić information content (AvgIpc) is 2.81. The Labute approximate surface area is 97.1 Å². The molecule has 0 saturated carbocycles. The van der Waals surface area contributed by atoms with Crippen LogP contribution in [0.1, 0.15) is 25.5 Å². The van der Waals surface area contributed by atoms with Gasteiger partial charge in [0.2, 0.25) is 0 Å². The first-order valence-corrected chi connectivity index (χ1v) is 6.05. The molecule has 1 aromatic rings. The minimum absolute atomic E-state index is 0.521. The fourth-order valence-corrected chi connectivity index (χ4v) is 2.12. The first-order chi connectivity index (χ1) is 7.84. The van der Waals surface area contributed by atoms with E-state index in [1.807, 2.05) is 6.07 Å². The van der Waals surface area contributed by atoms with Crippen molar-refractivity contribution in [3.8, 4) is 0 Å². The van der Waals surface area contributed by atoms with E-state index in [1.165, 1.54) is 25.9 Å². The van der Waals surface area contributed by atoms with Gasteiger partial charge < -0.3 is 10.2 Å². The summed E-state index contributed by atoms with van der Waals surface area (Å²) < 4.78 is 0. The molecule has 4 nitrogen and oxygen atoms in total. The van der Waals surface area contributed by atoms with Crippen LogP contribution >= 0.6 is 0 Å². The summed E-state index contributed by atoms with van der Waals surface area (Å²) in [6.45, 7) is 6.74. The van der Waals surface area contributed by atoms with E-state index < -0.39 is 0 Å². The summed E-state index contributed by atoms with van der Waals surface area (Å²) in [5, 5.41) is 3.49. The Hall–Kier alpha value is -1.00. The first-order valence-electron chi connectivity index (χ1n) is 6.05. The molecule has 16 heavy (non-hydrogen) atoms. The zero-order valence-electron chi connectivity index (χ0n) is 9.89. The van der Waals surface area contributed by atoms with Crippen molar-refractivity contribution >= 4 is 0 Å². The summed E-state index contributed by atoms with van der Waals surface area (Å²) in [7, 11) is 0. The Balaban J connectivity index is 1.69. The van der Waals surface area contributed by atoms with Crippen molar-refractivity contribution < 1.29 is 0 Å². The van der Waals surface area contributed by atoms with E-state index in [2.05, 4.69) is 27.1 Å². The van der Waals surface area contributed by atoms with E-state index in [1.54, 1.807) is 12.5 Å². The summed E-state index contributed by atoms with van der Waals surface area (Å²) in [5.74, 6) is 0. The van der Waals surface area contributed by atoms with Crippen molar-refractivity contribution in [2.24, 2.45) is 0 Å². The lowest BCUT2D eigenvalue weighted by molar-refractivity contribution is 0.298. The van der Waals surface area contributed by atoms with E-state index in [4.69, 9.17) is 0 Å². The summed E-state index contributed by atoms with van der Waals surface area (Å²) in [6, 6.07) is 2.48. The molecular weight excluding hydrogens is 200 g/mol. The van der Waals surface area contributed by atoms with Crippen molar-refractivity contribution in [2.45, 2.75) is 32.4 Å². The van der Waals surface area contributed by atoms with Crippen LogP contribution in [-0.2, 0) is 6.54 Å². The second kappa shape index (κ2) is 5.92. The van der Waals surface area contributed by atoms with Gasteiger partial charge in [0.15, 0.2) is 0 Å². The molecule has 2 heterocycles. The van der Waals surface area contributed by atoms with Crippen molar-refractivity contribution in [3.63, 3.8) is 0 Å². The van der Waals surface area contributed by atoms with E-state index in [-0.39, 0.29) is 0 Å². The second-order valence-electron chi connectivity index (χ2n) is 4.49. The minimum atomic E-state index is 0.521. The molecule has 1 fully saturated rings. The molecule has 0 radical (unpaired) electrons. The van der Waals surface area contributed by atoms with Crippen LogP contribution in [-0.4, -0.2) is 40.5 Å². The Kier molecular flexibility index (Phi) is 4.25. The van der Waals surface area contributed by atoms with Crippen molar-refractivity contribution in [1.29, 1.82) is 0 Å². The fraction of sp³-hybridized carbons (Fsp3) is 0.667. The van der Waals surface area contributed by atoms with E-state index >= 15 is 0 Å². The molecule has 0 spiro atoms. The van der Waals surface area contributed by atoms with Crippen LogP contribution in [0.2, 0.25) is 0 Å². The molecule has 2 rings (SSSR count). The maximum Gasteiger partial charge on any atom is 0.115 e. The molecule has 1 atom stereocenters. The quantitative estimate of drug-likeness (QED) is 0.805. The van der Waals surface area contributed by atoms with Crippen molar-refractivity contribution in [1.82, 2.24) is 20.2 Å². The third-order valence-electron chi connectivity index (χ3n) is 3.01. The predicted molar refractivity (Wildman–Crippen MR) is 64.0 cm³/mol. The van der Waals surface area contributed by atoms with Crippen molar-refractivity contribution in [2.75, 3.05) is 19.6 Å². The first kappa shape index (κ1) is 11.5. The molecular formula is C12H20N4. The summed E-state index contributed by atoms with van der Waals surface area (Å²) in [5.41, 5.74) is 1.06. The molecule has 1 unspecified atom stereocenters. The Morgan fingerprint density at radius 1 is 1.44 bits per heavy atom. The van der Waals surface area contributed by atoms with E-state index in [9.17, 15) is 0 Å². The number of hydrogen-bond donors (Lipinski definition) is 1. The van der Waals surface area contributed by atoms with Gasteiger partial charge in [-0.3, -0.25) is 0 Å². The van der Waals surface area contributed by atoms with Gasteiger partial charge in [0.1, 0.15) is 6.33 Å². The second-order valence-corrected chi connectivity index (χ2v) is 4.49. The number of rotatable bonds is 5. The number of likely N-dealkylation sites (tertiary alicyclic amines) is 1. The van der Waals surface area contributed by atoms with Crippen LogP contribution in [0.4, 0.5) is 0 Å². The highest BCUT2D eigenvalue weighted by Crippen LogP contribution is 2.07. The highest BCUT2D eigenvalue weighted by molar-refractivity contribution is 4.97.